The van der Waals surface area contributed by atoms with Crippen molar-refractivity contribution in [1.82, 2.24) is 4.57 Å². The molecule has 0 unspecified atom stereocenters. The van der Waals surface area contributed by atoms with Gasteiger partial charge in [0.15, 0.2) is 5.97 Å². The van der Waals surface area contributed by atoms with Gasteiger partial charge in [-0.1, -0.05) is 91.8 Å². The van der Waals surface area contributed by atoms with Crippen molar-refractivity contribution in [2.45, 2.75) is 79.1 Å². The first kappa shape index (κ1) is 23.8. The molecule has 32 heavy (non-hydrogen) atoms. The van der Waals surface area contributed by atoms with E-state index in [9.17, 15) is 9.90 Å². The maximum absolute atomic E-state index is 12.6. The molecule has 0 aliphatic rings. The highest BCUT2D eigenvalue weighted by molar-refractivity contribution is 5.81. The maximum atomic E-state index is 12.6. The summed E-state index contributed by atoms with van der Waals surface area (Å²) in [5, 5.41) is 12.6. The molecule has 0 amide bonds. The Kier molecular flexibility index (Phi) is 6.92. The lowest BCUT2D eigenvalue weighted by atomic mass is 9.92. The quantitative estimate of drug-likeness (QED) is 0.456. The van der Waals surface area contributed by atoms with Crippen LogP contribution < -0.4 is 9.67 Å². The van der Waals surface area contributed by atoms with Gasteiger partial charge in [-0.15, -0.1) is 0 Å². The summed E-state index contributed by atoms with van der Waals surface area (Å²) in [4.78, 5) is 12.6. The van der Waals surface area contributed by atoms with E-state index in [1.54, 1.807) is 0 Å². The molecule has 0 aliphatic carbocycles. The van der Waals surface area contributed by atoms with Crippen molar-refractivity contribution >= 4 is 5.97 Å². The number of hydrogen-bond donors (Lipinski definition) is 0. The summed E-state index contributed by atoms with van der Waals surface area (Å²) >= 11 is 0. The van der Waals surface area contributed by atoms with Gasteiger partial charge in [-0.25, -0.2) is 0 Å². The lowest BCUT2D eigenvalue weighted by Gasteiger charge is -2.20. The summed E-state index contributed by atoms with van der Waals surface area (Å²) in [5.74, 6) is -0.0233. The molecule has 1 aromatic heterocycles. The standard InChI is InChI=1S/C28H36N2O2/c1-17(2)21-11-9-12-22(18(3)4)25(21)29-15-16-30(27(29)28(31)32)26-23(19(5)6)13-10-14-24(26)20(7)8/h9-20H,1-8H3. The number of aromatic nitrogens is 2. The first-order valence-corrected chi connectivity index (χ1v) is 11.7. The van der Waals surface area contributed by atoms with Gasteiger partial charge in [-0.3, -0.25) is 0 Å². The predicted molar refractivity (Wildman–Crippen MR) is 128 cm³/mol. The van der Waals surface area contributed by atoms with Gasteiger partial charge < -0.3 is 9.90 Å². The number of nitrogens with zero attached hydrogens (tertiary/aromatic N) is 2. The molecule has 0 fully saturated rings. The van der Waals surface area contributed by atoms with Crippen LogP contribution in [0.3, 0.4) is 0 Å². The Bertz CT molecular complexity index is 987. The largest absolute Gasteiger partial charge is 0.538 e. The highest BCUT2D eigenvalue weighted by atomic mass is 16.4. The molecule has 4 nitrogen and oxygen atoms in total. The van der Waals surface area contributed by atoms with E-state index in [-0.39, 0.29) is 29.5 Å². The van der Waals surface area contributed by atoms with Crippen LogP contribution in [-0.4, -0.2) is 10.5 Å². The van der Waals surface area contributed by atoms with Crippen LogP contribution in [0.25, 0.3) is 11.4 Å². The minimum Gasteiger partial charge on any atom is -0.538 e. The molecule has 0 bridgehead atoms. The van der Waals surface area contributed by atoms with Crippen LogP contribution in [-0.2, 0) is 0 Å². The summed E-state index contributed by atoms with van der Waals surface area (Å²) in [7, 11) is 0. The molecule has 0 N–H and O–H groups in total. The summed E-state index contributed by atoms with van der Waals surface area (Å²) < 4.78 is 3.64. The third-order valence-corrected chi connectivity index (χ3v) is 6.17. The number of benzene rings is 2. The first-order valence-electron chi connectivity index (χ1n) is 11.7. The van der Waals surface area contributed by atoms with Gasteiger partial charge in [-0.2, -0.15) is 9.13 Å². The van der Waals surface area contributed by atoms with Crippen LogP contribution in [0.5, 0.6) is 0 Å². The number of hydrogen-bond acceptors (Lipinski definition) is 2. The summed E-state index contributed by atoms with van der Waals surface area (Å²) in [6, 6.07) is 12.5. The van der Waals surface area contributed by atoms with Crippen LogP contribution in [0.4, 0.5) is 0 Å². The average Bonchev–Trinajstić information content (AvgIpc) is 3.17. The van der Waals surface area contributed by atoms with E-state index in [4.69, 9.17) is 0 Å². The molecule has 0 radical (unpaired) electrons. The van der Waals surface area contributed by atoms with Gasteiger partial charge in [0.25, 0.3) is 0 Å². The van der Waals surface area contributed by atoms with Gasteiger partial charge in [0, 0.05) is 22.3 Å². The predicted octanol–water partition coefficient (Wildman–Crippen LogP) is 5.61. The Morgan fingerprint density at radius 1 is 0.750 bits per heavy atom. The van der Waals surface area contributed by atoms with Crippen molar-refractivity contribution < 1.29 is 14.5 Å². The smallest absolute Gasteiger partial charge is 0.315 e. The fraction of sp³-hybridized carbons (Fsp3) is 0.429. The van der Waals surface area contributed by atoms with Crippen molar-refractivity contribution in [2.24, 2.45) is 0 Å². The fourth-order valence-electron chi connectivity index (χ4n) is 4.53. The second-order valence-electron chi connectivity index (χ2n) is 9.84. The lowest BCUT2D eigenvalue weighted by Crippen LogP contribution is -2.44. The average molecular weight is 433 g/mol. The second-order valence-corrected chi connectivity index (χ2v) is 9.84. The minimum absolute atomic E-state index is 0.148. The molecule has 2 aromatic carbocycles. The topological polar surface area (TPSA) is 48.9 Å². The Morgan fingerprint density at radius 2 is 1.16 bits per heavy atom. The molecule has 0 spiro atoms. The molecular formula is C28H36N2O2. The SMILES string of the molecule is CC(C)c1cccc(C(C)C)c1-n1cc[n+](-c2c(C(C)C)cccc2C(C)C)c1C(=O)[O-]. The second kappa shape index (κ2) is 9.32. The van der Waals surface area contributed by atoms with Gasteiger partial charge in [0.05, 0.1) is 0 Å². The van der Waals surface area contributed by atoms with Crippen LogP contribution in [0.15, 0.2) is 48.8 Å². The number of para-hydroxylation sites is 2. The normalized spacial score (nSPS) is 11.9. The Labute approximate surface area is 192 Å². The molecule has 0 saturated heterocycles. The zero-order valence-corrected chi connectivity index (χ0v) is 20.6. The molecule has 170 valence electrons. The van der Waals surface area contributed by atoms with E-state index >= 15 is 0 Å². The molecule has 1 heterocycles. The fourth-order valence-corrected chi connectivity index (χ4v) is 4.53. The van der Waals surface area contributed by atoms with Crippen LogP contribution >= 0.6 is 0 Å². The van der Waals surface area contributed by atoms with Crippen molar-refractivity contribution in [3.8, 4) is 11.4 Å². The first-order chi connectivity index (χ1) is 15.1. The van der Waals surface area contributed by atoms with E-state index in [1.165, 1.54) is 0 Å². The molecule has 0 saturated carbocycles. The zero-order chi connectivity index (χ0) is 23.7. The molecule has 3 aromatic rings. The molecule has 0 atom stereocenters. The maximum Gasteiger partial charge on any atom is 0.315 e. The number of rotatable bonds is 7. The molecule has 3 rings (SSSR count). The zero-order valence-electron chi connectivity index (χ0n) is 20.6. The highest BCUT2D eigenvalue weighted by Gasteiger charge is 2.30. The summed E-state index contributed by atoms with van der Waals surface area (Å²) in [5.41, 5.74) is 6.41. The van der Waals surface area contributed by atoms with Crippen LogP contribution in [0, 0.1) is 0 Å². The Balaban J connectivity index is 2.43. The highest BCUT2D eigenvalue weighted by Crippen LogP contribution is 2.33. The minimum atomic E-state index is -1.18. The van der Waals surface area contributed by atoms with Gasteiger partial charge in [-0.05, 0) is 23.7 Å². The van der Waals surface area contributed by atoms with Crippen molar-refractivity contribution in [1.29, 1.82) is 0 Å². The van der Waals surface area contributed by atoms with E-state index < -0.39 is 5.97 Å². The molecule has 4 heteroatoms. The van der Waals surface area contributed by atoms with E-state index in [2.05, 4.69) is 91.8 Å². The number of carboxylic acids is 1. The van der Waals surface area contributed by atoms with Gasteiger partial charge in [0.1, 0.15) is 23.8 Å². The van der Waals surface area contributed by atoms with Crippen molar-refractivity contribution in [2.75, 3.05) is 0 Å². The van der Waals surface area contributed by atoms with Crippen LogP contribution in [0.2, 0.25) is 0 Å². The third-order valence-electron chi connectivity index (χ3n) is 6.17. The van der Waals surface area contributed by atoms with Gasteiger partial charge >= 0.3 is 5.82 Å². The number of aromatic carboxylic acids is 1. The van der Waals surface area contributed by atoms with Gasteiger partial charge in [0.2, 0.25) is 0 Å². The molecular weight excluding hydrogens is 396 g/mol. The lowest BCUT2D eigenvalue weighted by molar-refractivity contribution is -0.602. The Morgan fingerprint density at radius 3 is 1.53 bits per heavy atom. The number of imidazole rings is 1. The number of carbonyl (C=O) groups excluding carboxylic acids is 1. The Hall–Kier alpha value is -2.88. The van der Waals surface area contributed by atoms with Crippen LogP contribution in [0.1, 0.15) is 112 Å². The van der Waals surface area contributed by atoms with E-state index in [1.807, 2.05) is 21.5 Å². The van der Waals surface area contributed by atoms with E-state index in [0.717, 1.165) is 33.6 Å². The summed E-state index contributed by atoms with van der Waals surface area (Å²) in [6.45, 7) is 17.1. The molecule has 0 aliphatic heterocycles. The van der Waals surface area contributed by atoms with Crippen molar-refractivity contribution in [3.63, 3.8) is 0 Å². The number of carbonyl (C=O) groups is 1. The van der Waals surface area contributed by atoms with Crippen molar-refractivity contribution in [3.05, 3.63) is 76.9 Å². The van der Waals surface area contributed by atoms with E-state index in [0.29, 0.717) is 0 Å². The number of carboxylic acid groups (broad SMARTS) is 1. The summed E-state index contributed by atoms with van der Waals surface area (Å²) in [6.07, 6.45) is 3.75. The monoisotopic (exact) mass is 432 g/mol. The third kappa shape index (κ3) is 4.23.